The van der Waals surface area contributed by atoms with Crippen LogP contribution in [0.1, 0.15) is 13.8 Å². The molecule has 0 saturated heterocycles. The molecular weight excluding hydrogens is 428 g/mol. The molecule has 1 amide bonds. The van der Waals surface area contributed by atoms with E-state index >= 15 is 0 Å². The van der Waals surface area contributed by atoms with Gasteiger partial charge in [-0.15, -0.1) is 0 Å². The highest BCUT2D eigenvalue weighted by molar-refractivity contribution is 7.89. The number of rotatable bonds is 10. The van der Waals surface area contributed by atoms with Crippen LogP contribution in [0.5, 0.6) is 17.2 Å². The largest absolute Gasteiger partial charge is 0.494 e. The molecule has 168 valence electrons. The Morgan fingerprint density at radius 1 is 0.875 bits per heavy atom. The Kier molecular flexibility index (Phi) is 7.86. The number of likely N-dealkylation sites (N-methyl/N-ethyl adjacent to an activating group) is 1. The van der Waals surface area contributed by atoms with Crippen LogP contribution < -0.4 is 14.8 Å². The molecule has 0 bridgehead atoms. The molecule has 7 nitrogen and oxygen atoms in total. The van der Waals surface area contributed by atoms with Gasteiger partial charge in [-0.2, -0.15) is 4.31 Å². The molecule has 0 atom stereocenters. The normalized spacial score (nSPS) is 11.2. The van der Waals surface area contributed by atoms with E-state index in [0.717, 1.165) is 4.31 Å². The summed E-state index contributed by atoms with van der Waals surface area (Å²) in [6.07, 6.45) is 0. The summed E-state index contributed by atoms with van der Waals surface area (Å²) in [4.78, 5) is 12.8. The van der Waals surface area contributed by atoms with Gasteiger partial charge in [-0.05, 0) is 55.5 Å². The molecule has 1 N–H and O–H groups in total. The highest BCUT2D eigenvalue weighted by Crippen LogP contribution is 2.29. The highest BCUT2D eigenvalue weighted by Gasteiger charge is 2.25. The predicted molar refractivity (Wildman–Crippen MR) is 124 cm³/mol. The Morgan fingerprint density at radius 3 is 2.19 bits per heavy atom. The summed E-state index contributed by atoms with van der Waals surface area (Å²) >= 11 is 0. The van der Waals surface area contributed by atoms with Crippen molar-refractivity contribution in [3.05, 3.63) is 78.9 Å². The maximum Gasteiger partial charge on any atom is 0.243 e. The van der Waals surface area contributed by atoms with Crippen molar-refractivity contribution in [3.8, 4) is 17.2 Å². The van der Waals surface area contributed by atoms with Crippen molar-refractivity contribution in [1.29, 1.82) is 0 Å². The maximum atomic E-state index is 13.0. The third kappa shape index (κ3) is 5.87. The Labute approximate surface area is 188 Å². The predicted octanol–water partition coefficient (Wildman–Crippen LogP) is 4.53. The minimum atomic E-state index is -3.84. The molecule has 0 aliphatic carbocycles. The van der Waals surface area contributed by atoms with Crippen molar-refractivity contribution >= 4 is 21.6 Å². The van der Waals surface area contributed by atoms with Gasteiger partial charge in [0.2, 0.25) is 15.9 Å². The second kappa shape index (κ2) is 10.8. The fraction of sp³-hybridized carbons (Fsp3) is 0.208. The zero-order valence-electron chi connectivity index (χ0n) is 18.0. The lowest BCUT2D eigenvalue weighted by atomic mass is 10.3. The molecule has 0 fully saturated rings. The molecular formula is C24H26N2O5S. The van der Waals surface area contributed by atoms with Crippen LogP contribution in [-0.2, 0) is 14.8 Å². The van der Waals surface area contributed by atoms with Crippen molar-refractivity contribution < 1.29 is 22.7 Å². The van der Waals surface area contributed by atoms with Gasteiger partial charge in [-0.25, -0.2) is 8.42 Å². The summed E-state index contributed by atoms with van der Waals surface area (Å²) in [7, 11) is -3.84. The van der Waals surface area contributed by atoms with Crippen LogP contribution >= 0.6 is 0 Å². The van der Waals surface area contributed by atoms with Crippen LogP contribution in [0.4, 0.5) is 5.69 Å². The third-order valence-corrected chi connectivity index (χ3v) is 6.51. The first-order valence-electron chi connectivity index (χ1n) is 10.3. The number of nitrogens with one attached hydrogen (secondary N) is 1. The fourth-order valence-electron chi connectivity index (χ4n) is 3.01. The lowest BCUT2D eigenvalue weighted by Gasteiger charge is -2.20. The highest BCUT2D eigenvalue weighted by atomic mass is 32.2. The quantitative estimate of drug-likeness (QED) is 0.487. The third-order valence-electron chi connectivity index (χ3n) is 4.58. The Morgan fingerprint density at radius 2 is 1.53 bits per heavy atom. The Balaban J connectivity index is 1.72. The molecule has 0 aromatic heterocycles. The van der Waals surface area contributed by atoms with Gasteiger partial charge in [0.05, 0.1) is 23.7 Å². The maximum absolute atomic E-state index is 13.0. The number of nitrogens with zero attached hydrogens (tertiary/aromatic N) is 1. The Hall–Kier alpha value is -3.36. The van der Waals surface area contributed by atoms with E-state index in [1.54, 1.807) is 55.5 Å². The summed E-state index contributed by atoms with van der Waals surface area (Å²) in [6.45, 7) is 3.84. The fourth-order valence-corrected chi connectivity index (χ4v) is 4.42. The van der Waals surface area contributed by atoms with Crippen LogP contribution in [0.3, 0.4) is 0 Å². The number of sulfonamides is 1. The number of anilines is 1. The number of carbonyl (C=O) groups excluding carboxylic acids is 1. The molecule has 0 heterocycles. The van der Waals surface area contributed by atoms with E-state index in [1.165, 1.54) is 12.1 Å². The number of hydrogen-bond acceptors (Lipinski definition) is 5. The van der Waals surface area contributed by atoms with Gasteiger partial charge in [-0.1, -0.05) is 37.3 Å². The van der Waals surface area contributed by atoms with E-state index in [1.807, 2.05) is 25.1 Å². The van der Waals surface area contributed by atoms with Gasteiger partial charge in [0.25, 0.3) is 0 Å². The van der Waals surface area contributed by atoms with E-state index in [9.17, 15) is 13.2 Å². The van der Waals surface area contributed by atoms with Crippen LogP contribution in [0.2, 0.25) is 0 Å². The number of para-hydroxylation sites is 3. The smallest absolute Gasteiger partial charge is 0.243 e. The molecule has 8 heteroatoms. The number of ether oxygens (including phenoxy) is 2. The SMILES string of the molecule is CCOc1ccc(S(=O)(=O)N(CC)CC(=O)Nc2ccccc2Oc2ccccc2)cc1. The van der Waals surface area contributed by atoms with Crippen LogP contribution in [0.15, 0.2) is 83.8 Å². The van der Waals surface area contributed by atoms with Crippen LogP contribution in [-0.4, -0.2) is 38.3 Å². The first-order valence-corrected chi connectivity index (χ1v) is 11.7. The molecule has 0 aliphatic heterocycles. The number of hydrogen-bond donors (Lipinski definition) is 1. The average molecular weight is 455 g/mol. The summed E-state index contributed by atoms with van der Waals surface area (Å²) in [5.74, 6) is 1.21. The zero-order valence-corrected chi connectivity index (χ0v) is 18.8. The molecule has 0 spiro atoms. The van der Waals surface area contributed by atoms with Crippen molar-refractivity contribution in [2.24, 2.45) is 0 Å². The van der Waals surface area contributed by atoms with E-state index in [-0.39, 0.29) is 18.0 Å². The molecule has 0 radical (unpaired) electrons. The number of amides is 1. The van der Waals surface area contributed by atoms with E-state index in [4.69, 9.17) is 9.47 Å². The Bertz CT molecular complexity index is 1130. The lowest BCUT2D eigenvalue weighted by Crippen LogP contribution is -2.37. The zero-order chi connectivity index (χ0) is 23.0. The molecule has 32 heavy (non-hydrogen) atoms. The van der Waals surface area contributed by atoms with Crippen LogP contribution in [0, 0.1) is 0 Å². The molecule has 3 rings (SSSR count). The minimum absolute atomic E-state index is 0.100. The number of benzene rings is 3. The second-order valence-corrected chi connectivity index (χ2v) is 8.73. The topological polar surface area (TPSA) is 84.9 Å². The van der Waals surface area contributed by atoms with Gasteiger partial charge >= 0.3 is 0 Å². The molecule has 3 aromatic rings. The molecule has 0 aliphatic rings. The van der Waals surface area contributed by atoms with Gasteiger partial charge in [0.1, 0.15) is 11.5 Å². The molecule has 3 aromatic carbocycles. The van der Waals surface area contributed by atoms with Gasteiger partial charge < -0.3 is 14.8 Å². The molecule has 0 saturated carbocycles. The first kappa shape index (κ1) is 23.3. The summed E-state index contributed by atoms with van der Waals surface area (Å²) in [5.41, 5.74) is 0.455. The summed E-state index contributed by atoms with van der Waals surface area (Å²) in [5, 5.41) is 2.75. The van der Waals surface area contributed by atoms with Crippen LogP contribution in [0.25, 0.3) is 0 Å². The van der Waals surface area contributed by atoms with Gasteiger partial charge in [-0.3, -0.25) is 4.79 Å². The molecule has 0 unspecified atom stereocenters. The monoisotopic (exact) mass is 454 g/mol. The van der Waals surface area contributed by atoms with E-state index < -0.39 is 15.9 Å². The summed E-state index contributed by atoms with van der Waals surface area (Å²) < 4.78 is 38.4. The first-order chi connectivity index (χ1) is 15.4. The second-order valence-electron chi connectivity index (χ2n) is 6.80. The van der Waals surface area contributed by atoms with Gasteiger partial charge in [0.15, 0.2) is 5.75 Å². The van der Waals surface area contributed by atoms with E-state index in [0.29, 0.717) is 29.5 Å². The van der Waals surface area contributed by atoms with E-state index in [2.05, 4.69) is 5.32 Å². The van der Waals surface area contributed by atoms with Crippen molar-refractivity contribution in [3.63, 3.8) is 0 Å². The standard InChI is InChI=1S/C24H26N2O5S/c1-3-26(32(28,29)21-16-14-19(15-17-21)30-4-2)18-24(27)25-22-12-8-9-13-23(22)31-20-10-6-5-7-11-20/h5-17H,3-4,18H2,1-2H3,(H,25,27). The van der Waals surface area contributed by atoms with Gasteiger partial charge in [0, 0.05) is 6.54 Å². The number of carbonyl (C=O) groups is 1. The minimum Gasteiger partial charge on any atom is -0.494 e. The summed E-state index contributed by atoms with van der Waals surface area (Å²) in [6, 6.07) is 22.3. The lowest BCUT2D eigenvalue weighted by molar-refractivity contribution is -0.116. The van der Waals surface area contributed by atoms with Crippen molar-refractivity contribution in [2.75, 3.05) is 25.0 Å². The average Bonchev–Trinajstić information content (AvgIpc) is 2.80. The van der Waals surface area contributed by atoms with Crippen molar-refractivity contribution in [2.45, 2.75) is 18.7 Å². The van der Waals surface area contributed by atoms with Crippen molar-refractivity contribution in [1.82, 2.24) is 4.31 Å².